The molecule has 0 radical (unpaired) electrons. The van der Waals surface area contributed by atoms with Gasteiger partial charge in [0.05, 0.1) is 0 Å². The van der Waals surface area contributed by atoms with E-state index >= 15 is 0 Å². The monoisotopic (exact) mass is 286 g/mol. The first-order valence-electron chi connectivity index (χ1n) is 7.46. The Bertz CT molecular complexity index is 268. The summed E-state index contributed by atoms with van der Waals surface area (Å²) in [5.74, 6) is 0.199. The second-order valence-corrected chi connectivity index (χ2v) is 5.02. The van der Waals surface area contributed by atoms with E-state index in [1.807, 2.05) is 0 Å². The number of ether oxygens (including phenoxy) is 1. The number of halogens is 1. The van der Waals surface area contributed by atoms with E-state index in [2.05, 4.69) is 12.7 Å². The van der Waals surface area contributed by atoms with E-state index in [-0.39, 0.29) is 5.97 Å². The Morgan fingerprint density at radius 1 is 1.05 bits per heavy atom. The molecular formula is C16H27ClO2. The normalized spacial score (nSPS) is 9.79. The maximum absolute atomic E-state index is 11.3. The Kier molecular flexibility index (Phi) is 14.8. The topological polar surface area (TPSA) is 26.3 Å². The van der Waals surface area contributed by atoms with E-state index in [1.54, 1.807) is 6.08 Å². The lowest BCUT2D eigenvalue weighted by Gasteiger charge is -2.01. The molecule has 0 aromatic heterocycles. The molecule has 0 bridgehead atoms. The predicted octanol–water partition coefficient (Wildman–Crippen LogP) is 5.36. The van der Waals surface area contributed by atoms with Crippen molar-refractivity contribution in [3.8, 4) is 0 Å². The Hall–Kier alpha value is -0.720. The highest BCUT2D eigenvalue weighted by Crippen LogP contribution is 2.10. The lowest BCUT2D eigenvalue weighted by atomic mass is 10.1. The Morgan fingerprint density at radius 3 is 2.21 bits per heavy atom. The molecule has 0 spiro atoms. The molecular weight excluding hydrogens is 260 g/mol. The maximum Gasteiger partial charge on any atom is 0.311 e. The van der Waals surface area contributed by atoms with Gasteiger partial charge in [-0.3, -0.25) is 4.79 Å². The summed E-state index contributed by atoms with van der Waals surface area (Å²) in [5, 5.41) is 0. The highest BCUT2D eigenvalue weighted by molar-refractivity contribution is 6.18. The SMILES string of the molecule is CCCCCCCCCCCC(=O)OC=C=CCCl. The van der Waals surface area contributed by atoms with E-state index in [1.165, 1.54) is 51.2 Å². The van der Waals surface area contributed by atoms with E-state index in [0.29, 0.717) is 12.3 Å². The Labute approximate surface area is 122 Å². The van der Waals surface area contributed by atoms with Gasteiger partial charge in [0.15, 0.2) is 0 Å². The second-order valence-electron chi connectivity index (χ2n) is 4.71. The lowest BCUT2D eigenvalue weighted by Crippen LogP contribution is -1.98. The van der Waals surface area contributed by atoms with Gasteiger partial charge in [-0.15, -0.1) is 11.6 Å². The minimum Gasteiger partial charge on any atom is -0.426 e. The molecule has 0 aromatic rings. The minimum atomic E-state index is -0.182. The predicted molar refractivity (Wildman–Crippen MR) is 81.3 cm³/mol. The number of unbranched alkanes of at least 4 members (excludes halogenated alkanes) is 8. The van der Waals surface area contributed by atoms with Crippen LogP contribution in [0.4, 0.5) is 0 Å². The Balaban J connectivity index is 3.25. The zero-order valence-corrected chi connectivity index (χ0v) is 12.9. The molecule has 0 rings (SSSR count). The summed E-state index contributed by atoms with van der Waals surface area (Å²) in [5.41, 5.74) is 2.68. The third-order valence-electron chi connectivity index (χ3n) is 2.94. The third kappa shape index (κ3) is 15.2. The summed E-state index contributed by atoms with van der Waals surface area (Å²) in [4.78, 5) is 11.3. The van der Waals surface area contributed by atoms with Gasteiger partial charge in [0, 0.05) is 12.3 Å². The molecule has 0 amide bonds. The van der Waals surface area contributed by atoms with E-state index < -0.39 is 0 Å². The van der Waals surface area contributed by atoms with Crippen LogP contribution < -0.4 is 0 Å². The zero-order chi connectivity index (χ0) is 14.2. The molecule has 2 nitrogen and oxygen atoms in total. The summed E-state index contributed by atoms with van der Waals surface area (Å²) in [6, 6.07) is 0. The fourth-order valence-electron chi connectivity index (χ4n) is 1.83. The van der Waals surface area contributed by atoms with Gasteiger partial charge in [0.25, 0.3) is 0 Å². The van der Waals surface area contributed by atoms with Gasteiger partial charge >= 0.3 is 5.97 Å². The van der Waals surface area contributed by atoms with Crippen molar-refractivity contribution in [2.45, 2.75) is 71.1 Å². The van der Waals surface area contributed by atoms with Gasteiger partial charge in [-0.1, -0.05) is 64.0 Å². The first-order valence-corrected chi connectivity index (χ1v) is 7.99. The van der Waals surface area contributed by atoms with Gasteiger partial charge in [-0.25, -0.2) is 0 Å². The second kappa shape index (κ2) is 15.3. The van der Waals surface area contributed by atoms with Crippen LogP contribution in [0.25, 0.3) is 0 Å². The van der Waals surface area contributed by atoms with Crippen molar-refractivity contribution in [3.05, 3.63) is 18.1 Å². The maximum atomic E-state index is 11.3. The van der Waals surface area contributed by atoms with Gasteiger partial charge in [0.2, 0.25) is 0 Å². The smallest absolute Gasteiger partial charge is 0.311 e. The molecule has 0 aromatic carbocycles. The fourth-order valence-corrected chi connectivity index (χ4v) is 1.92. The molecule has 0 aliphatic carbocycles. The van der Waals surface area contributed by atoms with Gasteiger partial charge in [-0.2, -0.15) is 0 Å². The molecule has 0 aliphatic heterocycles. The molecule has 0 saturated carbocycles. The zero-order valence-electron chi connectivity index (χ0n) is 12.1. The summed E-state index contributed by atoms with van der Waals surface area (Å²) in [7, 11) is 0. The highest BCUT2D eigenvalue weighted by atomic mass is 35.5. The van der Waals surface area contributed by atoms with Gasteiger partial charge in [-0.05, 0) is 12.5 Å². The molecule has 110 valence electrons. The van der Waals surface area contributed by atoms with E-state index in [4.69, 9.17) is 16.3 Å². The van der Waals surface area contributed by atoms with Crippen LogP contribution in [-0.2, 0) is 9.53 Å². The molecule has 0 saturated heterocycles. The molecule has 0 heterocycles. The van der Waals surface area contributed by atoms with Gasteiger partial charge in [0.1, 0.15) is 6.26 Å². The fraction of sp³-hybridized carbons (Fsp3) is 0.750. The van der Waals surface area contributed by atoms with Crippen LogP contribution in [0.2, 0.25) is 0 Å². The molecule has 0 atom stereocenters. The molecule has 0 N–H and O–H groups in total. The number of alkyl halides is 1. The van der Waals surface area contributed by atoms with Gasteiger partial charge < -0.3 is 4.74 Å². The average Bonchev–Trinajstić information content (AvgIpc) is 2.42. The van der Waals surface area contributed by atoms with E-state index in [9.17, 15) is 4.79 Å². The first kappa shape index (κ1) is 18.3. The van der Waals surface area contributed by atoms with Crippen molar-refractivity contribution in [1.82, 2.24) is 0 Å². The quantitative estimate of drug-likeness (QED) is 0.159. The molecule has 0 fully saturated rings. The summed E-state index contributed by atoms with van der Waals surface area (Å²) in [6.45, 7) is 2.24. The number of allylic oxidation sites excluding steroid dienone is 1. The van der Waals surface area contributed by atoms with Crippen LogP contribution >= 0.6 is 11.6 Å². The van der Waals surface area contributed by atoms with Crippen LogP contribution in [0.1, 0.15) is 71.1 Å². The number of esters is 1. The number of carbonyl (C=O) groups is 1. The largest absolute Gasteiger partial charge is 0.426 e. The lowest BCUT2D eigenvalue weighted by molar-refractivity contribution is -0.138. The van der Waals surface area contributed by atoms with Crippen LogP contribution in [0.5, 0.6) is 0 Å². The van der Waals surface area contributed by atoms with Crippen molar-refractivity contribution < 1.29 is 9.53 Å². The van der Waals surface area contributed by atoms with E-state index in [0.717, 1.165) is 12.8 Å². The standard InChI is InChI=1S/C16H27ClO2/c1-2-3-4-5-6-7-8-9-10-13-16(18)19-15-12-11-14-17/h11,15H,2-10,13-14H2,1H3. The van der Waals surface area contributed by atoms with Crippen molar-refractivity contribution >= 4 is 17.6 Å². The molecule has 0 aliphatic rings. The van der Waals surface area contributed by atoms with Crippen molar-refractivity contribution in [2.75, 3.05) is 5.88 Å². The molecule has 19 heavy (non-hydrogen) atoms. The Morgan fingerprint density at radius 2 is 1.63 bits per heavy atom. The third-order valence-corrected chi connectivity index (χ3v) is 3.09. The van der Waals surface area contributed by atoms with Crippen molar-refractivity contribution in [3.63, 3.8) is 0 Å². The number of hydrogen-bond acceptors (Lipinski definition) is 2. The number of hydrogen-bond donors (Lipinski definition) is 0. The van der Waals surface area contributed by atoms with Crippen molar-refractivity contribution in [1.29, 1.82) is 0 Å². The summed E-state index contributed by atoms with van der Waals surface area (Å²) >= 11 is 5.41. The molecule has 0 unspecified atom stereocenters. The van der Waals surface area contributed by atoms with Crippen LogP contribution in [0.15, 0.2) is 18.1 Å². The number of carbonyl (C=O) groups excluding carboxylic acids is 1. The number of rotatable bonds is 12. The van der Waals surface area contributed by atoms with Crippen molar-refractivity contribution in [2.24, 2.45) is 0 Å². The highest BCUT2D eigenvalue weighted by Gasteiger charge is 2.00. The minimum absolute atomic E-state index is 0.182. The average molecular weight is 287 g/mol. The van der Waals surface area contributed by atoms with Crippen LogP contribution in [0, 0.1) is 0 Å². The first-order chi connectivity index (χ1) is 9.31. The molecule has 3 heteroatoms. The van der Waals surface area contributed by atoms with Crippen LogP contribution in [0.3, 0.4) is 0 Å². The summed E-state index contributed by atoms with van der Waals surface area (Å²) in [6.07, 6.45) is 14.6. The van der Waals surface area contributed by atoms with Crippen LogP contribution in [-0.4, -0.2) is 11.8 Å². The summed E-state index contributed by atoms with van der Waals surface area (Å²) < 4.78 is 4.85.